The van der Waals surface area contributed by atoms with Gasteiger partial charge in [-0.15, -0.1) is 0 Å². The summed E-state index contributed by atoms with van der Waals surface area (Å²) < 4.78 is 11.5. The van der Waals surface area contributed by atoms with Crippen LogP contribution in [0.1, 0.15) is 44.6 Å². The molecule has 0 bridgehead atoms. The van der Waals surface area contributed by atoms with Crippen LogP contribution >= 0.6 is 0 Å². The van der Waals surface area contributed by atoms with E-state index in [9.17, 15) is 0 Å². The first kappa shape index (κ1) is 15.7. The molecule has 1 aromatic carbocycles. The maximum absolute atomic E-state index is 5.85. The predicted molar refractivity (Wildman–Crippen MR) is 92.0 cm³/mol. The van der Waals surface area contributed by atoms with Crippen LogP contribution in [-0.2, 0) is 23.0 Å². The van der Waals surface area contributed by atoms with Crippen LogP contribution in [0.4, 0.5) is 11.7 Å². The van der Waals surface area contributed by atoms with E-state index < -0.39 is 0 Å². The molecule has 0 unspecified atom stereocenters. The largest absolute Gasteiger partial charge is 0.498 e. The van der Waals surface area contributed by atoms with Gasteiger partial charge in [-0.3, -0.25) is 0 Å². The number of aromatic nitrogens is 1. The first-order valence-electron chi connectivity index (χ1n) is 8.13. The number of hydrogen-bond donors (Lipinski definition) is 1. The van der Waals surface area contributed by atoms with Crippen LogP contribution in [0.2, 0.25) is 0 Å². The minimum absolute atomic E-state index is 0.0477. The number of fused-ring (bicyclic) bond motifs is 1. The van der Waals surface area contributed by atoms with Crippen molar-refractivity contribution in [2.24, 2.45) is 0 Å². The summed E-state index contributed by atoms with van der Waals surface area (Å²) in [4.78, 5) is 4.36. The third kappa shape index (κ3) is 3.41. The molecule has 2 aromatic rings. The minimum atomic E-state index is -0.0477. The normalized spacial score (nSPS) is 14.2. The Bertz CT molecular complexity index is 723. The molecule has 0 spiro atoms. The van der Waals surface area contributed by atoms with Crippen molar-refractivity contribution < 1.29 is 9.15 Å². The number of oxazole rings is 1. The highest BCUT2D eigenvalue weighted by molar-refractivity contribution is 5.62. The summed E-state index contributed by atoms with van der Waals surface area (Å²) in [7, 11) is 0. The number of nitrogens with one attached hydrogen (secondary N) is 1. The van der Waals surface area contributed by atoms with Gasteiger partial charge in [-0.1, -0.05) is 32.9 Å². The standard InChI is InChI=1S/C19H24N2O2/c1-5-22-14-10-9-13-7-6-8-16(15(13)11-14)21-18-20-12-17(23-18)19(2,3)4/h6-8,10,12H,5,9,11H2,1-4H3,(H,20,21). The molecule has 1 heterocycles. The van der Waals surface area contributed by atoms with E-state index in [1.54, 1.807) is 6.20 Å². The fourth-order valence-corrected chi connectivity index (χ4v) is 2.71. The summed E-state index contributed by atoms with van der Waals surface area (Å²) in [5, 5.41) is 3.33. The van der Waals surface area contributed by atoms with Crippen LogP contribution in [0, 0.1) is 0 Å². The van der Waals surface area contributed by atoms with Crippen molar-refractivity contribution in [1.29, 1.82) is 0 Å². The molecular weight excluding hydrogens is 288 g/mol. The highest BCUT2D eigenvalue weighted by Crippen LogP contribution is 2.31. The zero-order valence-corrected chi connectivity index (χ0v) is 14.3. The van der Waals surface area contributed by atoms with Gasteiger partial charge in [0.2, 0.25) is 0 Å². The monoisotopic (exact) mass is 312 g/mol. The van der Waals surface area contributed by atoms with Crippen LogP contribution in [0.3, 0.4) is 0 Å². The minimum Gasteiger partial charge on any atom is -0.498 e. The second-order valence-corrected chi connectivity index (χ2v) is 6.83. The third-order valence-electron chi connectivity index (χ3n) is 3.99. The van der Waals surface area contributed by atoms with Gasteiger partial charge in [0, 0.05) is 17.5 Å². The van der Waals surface area contributed by atoms with E-state index in [-0.39, 0.29) is 5.41 Å². The van der Waals surface area contributed by atoms with E-state index in [4.69, 9.17) is 9.15 Å². The molecule has 0 saturated heterocycles. The zero-order valence-electron chi connectivity index (χ0n) is 14.3. The Morgan fingerprint density at radius 3 is 2.83 bits per heavy atom. The lowest BCUT2D eigenvalue weighted by Crippen LogP contribution is -2.09. The van der Waals surface area contributed by atoms with E-state index in [0.717, 1.165) is 30.0 Å². The molecule has 4 heteroatoms. The van der Waals surface area contributed by atoms with Crippen molar-refractivity contribution >= 4 is 11.7 Å². The first-order chi connectivity index (χ1) is 11.0. The van der Waals surface area contributed by atoms with Gasteiger partial charge in [0.1, 0.15) is 5.76 Å². The first-order valence-corrected chi connectivity index (χ1v) is 8.13. The Balaban J connectivity index is 1.84. The Hall–Kier alpha value is -2.23. The van der Waals surface area contributed by atoms with Gasteiger partial charge >= 0.3 is 0 Å². The molecule has 1 aliphatic rings. The van der Waals surface area contributed by atoms with Gasteiger partial charge in [0.15, 0.2) is 0 Å². The third-order valence-corrected chi connectivity index (χ3v) is 3.99. The number of nitrogens with zero attached hydrogens (tertiary/aromatic N) is 1. The molecule has 0 aliphatic heterocycles. The number of rotatable bonds is 4. The van der Waals surface area contributed by atoms with Crippen LogP contribution < -0.4 is 5.32 Å². The van der Waals surface area contributed by atoms with Gasteiger partial charge in [-0.2, -0.15) is 0 Å². The van der Waals surface area contributed by atoms with E-state index >= 15 is 0 Å². The number of benzene rings is 1. The Kier molecular flexibility index (Phi) is 4.16. The quantitative estimate of drug-likeness (QED) is 0.886. The lowest BCUT2D eigenvalue weighted by molar-refractivity contribution is 0.220. The Morgan fingerprint density at radius 2 is 2.13 bits per heavy atom. The topological polar surface area (TPSA) is 47.3 Å². The summed E-state index contributed by atoms with van der Waals surface area (Å²) >= 11 is 0. The van der Waals surface area contributed by atoms with Crippen LogP contribution in [0.25, 0.3) is 0 Å². The molecule has 0 radical (unpaired) electrons. The van der Waals surface area contributed by atoms with Crippen molar-refractivity contribution in [1.82, 2.24) is 4.98 Å². The highest BCUT2D eigenvalue weighted by atomic mass is 16.5. The van der Waals surface area contributed by atoms with Crippen LogP contribution in [0.5, 0.6) is 0 Å². The molecule has 0 fully saturated rings. The molecule has 1 aliphatic carbocycles. The number of allylic oxidation sites excluding steroid dienone is 2. The molecule has 0 atom stereocenters. The highest BCUT2D eigenvalue weighted by Gasteiger charge is 2.20. The molecule has 1 aromatic heterocycles. The van der Waals surface area contributed by atoms with Gasteiger partial charge in [-0.25, -0.2) is 4.98 Å². The molecule has 122 valence electrons. The van der Waals surface area contributed by atoms with E-state index in [2.05, 4.69) is 55.3 Å². The van der Waals surface area contributed by atoms with E-state index in [1.165, 1.54) is 11.1 Å². The molecule has 4 nitrogen and oxygen atoms in total. The number of ether oxygens (including phenoxy) is 1. The lowest BCUT2D eigenvalue weighted by atomic mass is 9.94. The SMILES string of the molecule is CCOC1=CCc2cccc(Nc3ncc(C(C)(C)C)o3)c2C1. The zero-order chi connectivity index (χ0) is 16.4. The number of anilines is 2. The summed E-state index contributed by atoms with van der Waals surface area (Å²) in [5.41, 5.74) is 3.57. The summed E-state index contributed by atoms with van der Waals surface area (Å²) in [5.74, 6) is 1.91. The predicted octanol–water partition coefficient (Wildman–Crippen LogP) is 4.73. The van der Waals surface area contributed by atoms with Crippen molar-refractivity contribution in [3.05, 3.63) is 53.1 Å². The average Bonchev–Trinajstić information content (AvgIpc) is 2.97. The van der Waals surface area contributed by atoms with E-state index in [0.29, 0.717) is 12.6 Å². The Morgan fingerprint density at radius 1 is 1.30 bits per heavy atom. The second-order valence-electron chi connectivity index (χ2n) is 6.83. The molecule has 3 rings (SSSR count). The van der Waals surface area contributed by atoms with Crippen molar-refractivity contribution in [2.45, 2.75) is 46.0 Å². The maximum atomic E-state index is 5.85. The fraction of sp³-hybridized carbons (Fsp3) is 0.421. The van der Waals surface area contributed by atoms with Crippen molar-refractivity contribution in [2.75, 3.05) is 11.9 Å². The smallest absolute Gasteiger partial charge is 0.299 e. The Labute approximate surface area is 137 Å². The molecular formula is C19H24N2O2. The summed E-state index contributed by atoms with van der Waals surface area (Å²) in [6, 6.07) is 6.83. The van der Waals surface area contributed by atoms with Gasteiger partial charge in [0.05, 0.1) is 18.6 Å². The van der Waals surface area contributed by atoms with E-state index in [1.807, 2.05) is 6.92 Å². The summed E-state index contributed by atoms with van der Waals surface area (Å²) in [6.07, 6.45) is 5.67. The van der Waals surface area contributed by atoms with Crippen molar-refractivity contribution in [3.8, 4) is 0 Å². The van der Waals surface area contributed by atoms with Crippen LogP contribution in [-0.4, -0.2) is 11.6 Å². The van der Waals surface area contributed by atoms with Gasteiger partial charge in [0.25, 0.3) is 6.01 Å². The fourth-order valence-electron chi connectivity index (χ4n) is 2.71. The maximum Gasteiger partial charge on any atom is 0.299 e. The second kappa shape index (κ2) is 6.11. The van der Waals surface area contributed by atoms with Gasteiger partial charge in [-0.05, 0) is 36.6 Å². The lowest BCUT2D eigenvalue weighted by Gasteiger charge is -2.20. The van der Waals surface area contributed by atoms with Gasteiger partial charge < -0.3 is 14.5 Å². The average molecular weight is 312 g/mol. The van der Waals surface area contributed by atoms with Crippen molar-refractivity contribution in [3.63, 3.8) is 0 Å². The van der Waals surface area contributed by atoms with Crippen LogP contribution in [0.15, 0.2) is 40.6 Å². The molecule has 0 amide bonds. The molecule has 23 heavy (non-hydrogen) atoms. The molecule has 1 N–H and O–H groups in total. The number of hydrogen-bond acceptors (Lipinski definition) is 4. The molecule has 0 saturated carbocycles. The summed E-state index contributed by atoms with van der Waals surface area (Å²) in [6.45, 7) is 9.05.